The molecule has 1 aromatic carbocycles. The summed E-state index contributed by atoms with van der Waals surface area (Å²) in [4.78, 5) is 9.28. The number of sulfonamides is 1. The summed E-state index contributed by atoms with van der Waals surface area (Å²) >= 11 is 9.28. The molecule has 2 rings (SSSR count). The Balaban J connectivity index is 2.44. The van der Waals surface area contributed by atoms with E-state index in [-0.39, 0.29) is 6.54 Å². The van der Waals surface area contributed by atoms with Gasteiger partial charge in [0.2, 0.25) is 14.9 Å². The Morgan fingerprint density at radius 1 is 1.48 bits per heavy atom. The lowest BCUT2D eigenvalue weighted by molar-refractivity contribution is -0.392. The van der Waals surface area contributed by atoms with Gasteiger partial charge in [-0.1, -0.05) is 33.6 Å². The van der Waals surface area contributed by atoms with Crippen molar-refractivity contribution >= 4 is 43.4 Å². The Morgan fingerprint density at radius 3 is 2.62 bits per heavy atom. The largest absolute Gasteiger partial charge is 0.410 e. The third-order valence-electron chi connectivity index (χ3n) is 2.54. The molecule has 0 saturated carbocycles. The summed E-state index contributed by atoms with van der Waals surface area (Å²) in [5.41, 5.74) is 0.623. The van der Waals surface area contributed by atoms with Gasteiger partial charge in [-0.2, -0.15) is 4.68 Å². The molecule has 0 spiro atoms. The van der Waals surface area contributed by atoms with Crippen LogP contribution in [0.5, 0.6) is 0 Å². The summed E-state index contributed by atoms with van der Waals surface area (Å²) in [7, 11) is -4.23. The van der Waals surface area contributed by atoms with Crippen LogP contribution in [-0.4, -0.2) is 23.1 Å². The van der Waals surface area contributed by atoms with E-state index in [1.807, 2.05) is 0 Å². The monoisotopic (exact) mass is 394 g/mol. The summed E-state index contributed by atoms with van der Waals surface area (Å²) < 4.78 is 24.5. The molecule has 0 radical (unpaired) electrons. The Bertz CT molecular complexity index is 820. The predicted octanol–water partition coefficient (Wildman–Crippen LogP) is 1.90. The first kappa shape index (κ1) is 15.9. The molecule has 0 atom stereocenters. The summed E-state index contributed by atoms with van der Waals surface area (Å²) in [5.74, 6) is -0.814. The van der Waals surface area contributed by atoms with Gasteiger partial charge in [-0.3, -0.25) is 0 Å². The summed E-state index contributed by atoms with van der Waals surface area (Å²) in [6.45, 7) is 0.0719. The number of nitro groups is 1. The van der Waals surface area contributed by atoms with Crippen molar-refractivity contribution in [2.75, 3.05) is 0 Å². The maximum Gasteiger partial charge on any atom is 0.410 e. The molecule has 21 heavy (non-hydrogen) atoms. The Hall–Kier alpha value is -1.49. The highest BCUT2D eigenvalue weighted by atomic mass is 79.9. The number of benzene rings is 1. The molecule has 8 nitrogen and oxygen atoms in total. The summed E-state index contributed by atoms with van der Waals surface area (Å²) in [6, 6.07) is 5.08. The smallest absolute Gasteiger partial charge is 0.358 e. The Morgan fingerprint density at radius 2 is 2.14 bits per heavy atom. The van der Waals surface area contributed by atoms with Gasteiger partial charge in [0, 0.05) is 9.50 Å². The van der Waals surface area contributed by atoms with E-state index in [1.54, 1.807) is 18.2 Å². The third kappa shape index (κ3) is 3.59. The molecular formula is C10H8BrClN4O4S. The van der Waals surface area contributed by atoms with E-state index in [4.69, 9.17) is 16.7 Å². The first-order chi connectivity index (χ1) is 9.68. The topological polar surface area (TPSA) is 121 Å². The normalized spacial score (nSPS) is 11.6. The van der Waals surface area contributed by atoms with Gasteiger partial charge in [-0.25, -0.2) is 13.6 Å². The standard InChI is InChI=1S/C10H8BrClN4O4S/c11-7-2-1-6(8(12)3-7)4-15-5-9(21(13,19)20)10(14-15)16(17)18/h1-3,5H,4H2,(H2,13,19,20). The lowest BCUT2D eigenvalue weighted by Crippen LogP contribution is -2.13. The lowest BCUT2D eigenvalue weighted by atomic mass is 10.2. The molecule has 112 valence electrons. The van der Waals surface area contributed by atoms with Crippen LogP contribution in [0.2, 0.25) is 5.02 Å². The predicted molar refractivity (Wildman–Crippen MR) is 78.5 cm³/mol. The number of hydrogen-bond acceptors (Lipinski definition) is 5. The number of aromatic nitrogens is 2. The summed E-state index contributed by atoms with van der Waals surface area (Å²) in [6.07, 6.45) is 1.01. The zero-order valence-electron chi connectivity index (χ0n) is 10.2. The number of rotatable bonds is 4. The second-order valence-corrected chi connectivity index (χ2v) is 6.91. The minimum atomic E-state index is -4.23. The number of halogens is 2. The van der Waals surface area contributed by atoms with Crippen LogP contribution in [-0.2, 0) is 16.6 Å². The van der Waals surface area contributed by atoms with Crippen LogP contribution in [0, 0.1) is 10.1 Å². The molecule has 0 unspecified atom stereocenters. The van der Waals surface area contributed by atoms with Crippen molar-refractivity contribution in [2.24, 2.45) is 5.14 Å². The number of nitrogens with two attached hydrogens (primary N) is 1. The molecule has 0 saturated heterocycles. The van der Waals surface area contributed by atoms with Gasteiger partial charge in [-0.15, -0.1) is 0 Å². The van der Waals surface area contributed by atoms with Gasteiger partial charge in [0.15, 0.2) is 0 Å². The van der Waals surface area contributed by atoms with E-state index < -0.39 is 25.7 Å². The maximum atomic E-state index is 11.3. The maximum absolute atomic E-state index is 11.3. The molecule has 0 aliphatic heterocycles. The van der Waals surface area contributed by atoms with E-state index in [1.165, 1.54) is 0 Å². The fourth-order valence-electron chi connectivity index (χ4n) is 1.63. The van der Waals surface area contributed by atoms with E-state index in [2.05, 4.69) is 21.0 Å². The number of primary sulfonamides is 1. The Labute approximate surface area is 132 Å². The SMILES string of the molecule is NS(=O)(=O)c1cn(Cc2ccc(Br)cc2Cl)nc1[N+](=O)[O-]. The average Bonchev–Trinajstić information content (AvgIpc) is 2.77. The van der Waals surface area contributed by atoms with Gasteiger partial charge in [0.05, 0.1) is 17.8 Å². The molecular weight excluding hydrogens is 388 g/mol. The van der Waals surface area contributed by atoms with Crippen molar-refractivity contribution in [3.05, 3.63) is 49.6 Å². The van der Waals surface area contributed by atoms with Crippen LogP contribution in [0.3, 0.4) is 0 Å². The van der Waals surface area contributed by atoms with Crippen LogP contribution >= 0.6 is 27.5 Å². The number of hydrogen-bond donors (Lipinski definition) is 1. The molecule has 0 amide bonds. The molecule has 0 aliphatic rings. The molecule has 0 aliphatic carbocycles. The van der Waals surface area contributed by atoms with Crippen molar-refractivity contribution in [2.45, 2.75) is 11.4 Å². The average molecular weight is 396 g/mol. The number of nitrogens with zero attached hydrogens (tertiary/aromatic N) is 3. The van der Waals surface area contributed by atoms with Crippen molar-refractivity contribution in [3.63, 3.8) is 0 Å². The molecule has 1 heterocycles. The van der Waals surface area contributed by atoms with E-state index in [0.717, 1.165) is 15.4 Å². The molecule has 11 heteroatoms. The zero-order chi connectivity index (χ0) is 15.8. The van der Waals surface area contributed by atoms with E-state index >= 15 is 0 Å². The van der Waals surface area contributed by atoms with Crippen molar-refractivity contribution in [1.82, 2.24) is 9.78 Å². The van der Waals surface area contributed by atoms with Gasteiger partial charge >= 0.3 is 5.82 Å². The molecule has 2 N–H and O–H groups in total. The molecule has 0 fully saturated rings. The van der Waals surface area contributed by atoms with Crippen molar-refractivity contribution in [3.8, 4) is 0 Å². The quantitative estimate of drug-likeness (QED) is 0.626. The van der Waals surface area contributed by atoms with Gasteiger partial charge in [0.1, 0.15) is 0 Å². The van der Waals surface area contributed by atoms with Crippen molar-refractivity contribution < 1.29 is 13.3 Å². The van der Waals surface area contributed by atoms with Gasteiger partial charge < -0.3 is 10.1 Å². The highest BCUT2D eigenvalue weighted by Crippen LogP contribution is 2.24. The van der Waals surface area contributed by atoms with Crippen LogP contribution in [0.15, 0.2) is 33.8 Å². The first-order valence-corrected chi connectivity index (χ1v) is 8.09. The van der Waals surface area contributed by atoms with E-state index in [0.29, 0.717) is 10.6 Å². The second kappa shape index (κ2) is 5.72. The minimum Gasteiger partial charge on any atom is -0.358 e. The van der Waals surface area contributed by atoms with Gasteiger partial charge in [0.25, 0.3) is 0 Å². The zero-order valence-corrected chi connectivity index (χ0v) is 13.4. The van der Waals surface area contributed by atoms with E-state index in [9.17, 15) is 18.5 Å². The molecule has 0 bridgehead atoms. The Kier molecular flexibility index (Phi) is 4.33. The minimum absolute atomic E-state index is 0.0719. The lowest BCUT2D eigenvalue weighted by Gasteiger charge is -2.02. The summed E-state index contributed by atoms with van der Waals surface area (Å²) in [5, 5.41) is 19.8. The van der Waals surface area contributed by atoms with Crippen LogP contribution in [0.1, 0.15) is 5.56 Å². The van der Waals surface area contributed by atoms with Gasteiger partial charge in [-0.05, 0) is 22.6 Å². The highest BCUT2D eigenvalue weighted by Gasteiger charge is 2.28. The van der Waals surface area contributed by atoms with Crippen LogP contribution in [0.25, 0.3) is 0 Å². The first-order valence-electron chi connectivity index (χ1n) is 5.37. The van der Waals surface area contributed by atoms with Crippen molar-refractivity contribution in [1.29, 1.82) is 0 Å². The second-order valence-electron chi connectivity index (χ2n) is 4.05. The molecule has 1 aromatic heterocycles. The van der Waals surface area contributed by atoms with Crippen LogP contribution < -0.4 is 5.14 Å². The van der Waals surface area contributed by atoms with Crippen LogP contribution in [0.4, 0.5) is 5.82 Å². The fraction of sp³-hybridized carbons (Fsp3) is 0.100. The highest BCUT2D eigenvalue weighted by molar-refractivity contribution is 9.10. The molecule has 2 aromatic rings. The third-order valence-corrected chi connectivity index (χ3v) is 4.28. The fourth-order valence-corrected chi connectivity index (χ4v) is 3.00.